The summed E-state index contributed by atoms with van der Waals surface area (Å²) in [7, 11) is -2.48. The molecule has 0 aliphatic rings. The number of aryl methyl sites for hydroxylation is 1. The molecule has 11 nitrogen and oxygen atoms in total. The minimum absolute atomic E-state index is 0.0373. The largest absolute Gasteiger partial charge is 0.497 e. The van der Waals surface area contributed by atoms with Crippen molar-refractivity contribution in [2.45, 2.75) is 24.7 Å². The molecule has 0 spiro atoms. The van der Waals surface area contributed by atoms with Crippen LogP contribution in [-0.2, 0) is 14.8 Å². The third kappa shape index (κ3) is 8.64. The Morgan fingerprint density at radius 2 is 1.55 bits per heavy atom. The standard InChI is InChI=1S/C27H30N4O7S2/c1-19-5-15-24(16-6-19)40(35,36)30-26(33)28-21-9-7-20(8-10-21)25(32)38-18-4-3-17-31(27(34)29-39)22-11-13-23(37-2)14-12-22/h5-16,39H,3-4,17-18H2,1-2H3,(H,29,34)(H2,28,30,33). The van der Waals surface area contributed by atoms with Crippen molar-refractivity contribution in [3.63, 3.8) is 0 Å². The molecule has 0 unspecified atom stereocenters. The molecule has 212 valence electrons. The van der Waals surface area contributed by atoms with Crippen LogP contribution in [0.2, 0.25) is 0 Å². The van der Waals surface area contributed by atoms with Crippen molar-refractivity contribution in [1.29, 1.82) is 0 Å². The van der Waals surface area contributed by atoms with Gasteiger partial charge in [0.05, 0.1) is 24.2 Å². The highest BCUT2D eigenvalue weighted by Gasteiger charge is 2.18. The van der Waals surface area contributed by atoms with Gasteiger partial charge in [-0.3, -0.25) is 9.62 Å². The normalized spacial score (nSPS) is 10.8. The number of carbonyl (C=O) groups is 3. The zero-order valence-corrected chi connectivity index (χ0v) is 23.6. The number of thiol groups is 1. The lowest BCUT2D eigenvalue weighted by Gasteiger charge is -2.22. The van der Waals surface area contributed by atoms with E-state index in [2.05, 4.69) is 22.9 Å². The SMILES string of the molecule is COc1ccc(N(CCCCOC(=O)c2ccc(NC(=O)NS(=O)(=O)c3ccc(C)cc3)cc2)C(=O)NS)cc1. The van der Waals surface area contributed by atoms with Gasteiger partial charge >= 0.3 is 18.0 Å². The third-order valence-electron chi connectivity index (χ3n) is 5.67. The van der Waals surface area contributed by atoms with E-state index in [1.165, 1.54) is 41.3 Å². The molecule has 0 radical (unpaired) electrons. The smallest absolute Gasteiger partial charge is 0.338 e. The maximum atomic E-state index is 12.4. The summed E-state index contributed by atoms with van der Waals surface area (Å²) in [5.74, 6) is 0.109. The van der Waals surface area contributed by atoms with Gasteiger partial charge < -0.3 is 14.8 Å². The molecule has 0 aromatic heterocycles. The first kappa shape index (κ1) is 30.3. The Labute approximate surface area is 238 Å². The van der Waals surface area contributed by atoms with Crippen molar-refractivity contribution >= 4 is 52.2 Å². The Morgan fingerprint density at radius 1 is 0.900 bits per heavy atom. The molecule has 0 aliphatic carbocycles. The van der Waals surface area contributed by atoms with Crippen LogP contribution in [0.3, 0.4) is 0 Å². The van der Waals surface area contributed by atoms with E-state index in [1.54, 1.807) is 43.5 Å². The molecule has 0 bridgehead atoms. The number of nitrogens with one attached hydrogen (secondary N) is 3. The predicted molar refractivity (Wildman–Crippen MR) is 154 cm³/mol. The number of hydrogen-bond donors (Lipinski definition) is 4. The summed E-state index contributed by atoms with van der Waals surface area (Å²) in [6, 6.07) is 17.6. The van der Waals surface area contributed by atoms with E-state index in [4.69, 9.17) is 9.47 Å². The van der Waals surface area contributed by atoms with Crippen LogP contribution in [0.15, 0.2) is 77.7 Å². The van der Waals surface area contributed by atoms with E-state index >= 15 is 0 Å². The summed E-state index contributed by atoms with van der Waals surface area (Å²) < 4.78 is 39.4. The number of methoxy groups -OCH3 is 1. The van der Waals surface area contributed by atoms with Crippen molar-refractivity contribution in [1.82, 2.24) is 9.44 Å². The minimum Gasteiger partial charge on any atom is -0.497 e. The summed E-state index contributed by atoms with van der Waals surface area (Å²) in [5.41, 5.74) is 2.10. The molecule has 4 amide bonds. The van der Waals surface area contributed by atoms with Crippen LogP contribution in [0, 0.1) is 6.92 Å². The van der Waals surface area contributed by atoms with Gasteiger partial charge in [-0.2, -0.15) is 0 Å². The van der Waals surface area contributed by atoms with Gasteiger partial charge in [-0.25, -0.2) is 27.5 Å². The first-order valence-electron chi connectivity index (χ1n) is 12.2. The van der Waals surface area contributed by atoms with E-state index in [-0.39, 0.29) is 28.8 Å². The number of ether oxygens (including phenoxy) is 2. The Bertz CT molecular complexity index is 1410. The quantitative estimate of drug-likeness (QED) is 0.147. The molecule has 0 fully saturated rings. The number of unbranched alkanes of at least 4 members (excludes halogenated alkanes) is 1. The van der Waals surface area contributed by atoms with Gasteiger partial charge in [0.25, 0.3) is 10.0 Å². The number of carbonyl (C=O) groups excluding carboxylic acids is 3. The molecule has 0 heterocycles. The number of hydrogen-bond acceptors (Lipinski definition) is 8. The van der Waals surface area contributed by atoms with E-state index in [1.807, 2.05) is 11.6 Å². The maximum Gasteiger partial charge on any atom is 0.338 e. The molecule has 3 rings (SSSR count). The highest BCUT2D eigenvalue weighted by molar-refractivity contribution is 7.90. The molecule has 0 saturated heterocycles. The van der Waals surface area contributed by atoms with Crippen molar-refractivity contribution in [3.05, 3.63) is 83.9 Å². The second kappa shape index (κ2) is 14.2. The predicted octanol–water partition coefficient (Wildman–Crippen LogP) is 4.51. The van der Waals surface area contributed by atoms with Gasteiger partial charge in [0.1, 0.15) is 5.75 Å². The summed E-state index contributed by atoms with van der Waals surface area (Å²) in [6.07, 6.45) is 1.07. The van der Waals surface area contributed by atoms with E-state index < -0.39 is 22.0 Å². The molecular weight excluding hydrogens is 556 g/mol. The lowest BCUT2D eigenvalue weighted by Crippen LogP contribution is -2.36. The molecular formula is C27H30N4O7S2. The monoisotopic (exact) mass is 586 g/mol. The average Bonchev–Trinajstić information content (AvgIpc) is 2.95. The fourth-order valence-electron chi connectivity index (χ4n) is 3.54. The Kier molecular flexibility index (Phi) is 10.8. The lowest BCUT2D eigenvalue weighted by atomic mass is 10.2. The number of esters is 1. The summed E-state index contributed by atoms with van der Waals surface area (Å²) >= 11 is 3.85. The molecule has 0 atom stereocenters. The van der Waals surface area contributed by atoms with Gasteiger partial charge in [-0.05, 0) is 80.4 Å². The second-order valence-electron chi connectivity index (χ2n) is 8.56. The molecule has 3 aromatic rings. The van der Waals surface area contributed by atoms with E-state index in [9.17, 15) is 22.8 Å². The van der Waals surface area contributed by atoms with Gasteiger partial charge in [0.15, 0.2) is 0 Å². The van der Waals surface area contributed by atoms with Crippen molar-refractivity contribution < 1.29 is 32.3 Å². The summed E-state index contributed by atoms with van der Waals surface area (Å²) in [4.78, 5) is 38.3. The number of anilines is 2. The van der Waals surface area contributed by atoms with Crippen LogP contribution < -0.4 is 24.4 Å². The first-order valence-corrected chi connectivity index (χ1v) is 14.1. The Balaban J connectivity index is 1.44. The van der Waals surface area contributed by atoms with Crippen LogP contribution in [0.25, 0.3) is 0 Å². The highest BCUT2D eigenvalue weighted by atomic mass is 32.2. The molecule has 0 aliphatic heterocycles. The van der Waals surface area contributed by atoms with Crippen LogP contribution in [0.1, 0.15) is 28.8 Å². The van der Waals surface area contributed by atoms with Crippen LogP contribution >= 0.6 is 12.8 Å². The molecule has 3 aromatic carbocycles. The zero-order chi connectivity index (χ0) is 29.1. The zero-order valence-electron chi connectivity index (χ0n) is 21.9. The average molecular weight is 587 g/mol. The molecule has 0 saturated carbocycles. The van der Waals surface area contributed by atoms with Gasteiger partial charge in [-0.15, -0.1) is 0 Å². The van der Waals surface area contributed by atoms with Crippen LogP contribution in [-0.4, -0.2) is 46.7 Å². The molecule has 13 heteroatoms. The fourth-order valence-corrected chi connectivity index (χ4v) is 4.56. The second-order valence-corrected chi connectivity index (χ2v) is 10.5. The van der Waals surface area contributed by atoms with Crippen molar-refractivity contribution in [2.24, 2.45) is 0 Å². The van der Waals surface area contributed by atoms with Crippen LogP contribution in [0.5, 0.6) is 5.75 Å². The summed E-state index contributed by atoms with van der Waals surface area (Å²) in [6.45, 7) is 2.33. The molecule has 3 N–H and O–H groups in total. The molecule has 40 heavy (non-hydrogen) atoms. The van der Waals surface area contributed by atoms with Crippen molar-refractivity contribution in [3.8, 4) is 5.75 Å². The topological polar surface area (TPSA) is 143 Å². The lowest BCUT2D eigenvalue weighted by molar-refractivity contribution is 0.0499. The van der Waals surface area contributed by atoms with Gasteiger partial charge in [0, 0.05) is 17.9 Å². The number of urea groups is 2. The minimum atomic E-state index is -4.03. The summed E-state index contributed by atoms with van der Waals surface area (Å²) in [5, 5.41) is 2.42. The van der Waals surface area contributed by atoms with Gasteiger partial charge in [-0.1, -0.05) is 30.5 Å². The number of amides is 4. The Morgan fingerprint density at radius 3 is 2.15 bits per heavy atom. The number of benzene rings is 3. The fraction of sp³-hybridized carbons (Fsp3) is 0.222. The van der Waals surface area contributed by atoms with E-state index in [0.717, 1.165) is 5.56 Å². The van der Waals surface area contributed by atoms with Crippen LogP contribution in [0.4, 0.5) is 21.0 Å². The third-order valence-corrected chi connectivity index (χ3v) is 7.21. The van der Waals surface area contributed by atoms with Gasteiger partial charge in [0.2, 0.25) is 0 Å². The first-order chi connectivity index (χ1) is 19.1. The number of sulfonamides is 1. The highest BCUT2D eigenvalue weighted by Crippen LogP contribution is 2.20. The van der Waals surface area contributed by atoms with Crippen molar-refractivity contribution in [2.75, 3.05) is 30.5 Å². The Hall–Kier alpha value is -4.23. The van der Waals surface area contributed by atoms with E-state index in [0.29, 0.717) is 30.8 Å². The maximum absolute atomic E-state index is 12.4. The number of rotatable bonds is 11. The number of nitrogens with zero attached hydrogens (tertiary/aromatic N) is 1.